The van der Waals surface area contributed by atoms with Gasteiger partial charge in [0.25, 0.3) is 5.56 Å². The number of aromatic amines is 1. The second-order valence-corrected chi connectivity index (χ2v) is 4.42. The van der Waals surface area contributed by atoms with Crippen molar-refractivity contribution in [1.29, 1.82) is 0 Å². The summed E-state index contributed by atoms with van der Waals surface area (Å²) in [5.41, 5.74) is 3.14. The van der Waals surface area contributed by atoms with Crippen LogP contribution >= 0.6 is 0 Å². The summed E-state index contributed by atoms with van der Waals surface area (Å²) < 4.78 is 0. The second kappa shape index (κ2) is 6.38. The van der Waals surface area contributed by atoms with E-state index < -0.39 is 0 Å². The first-order valence-corrected chi connectivity index (χ1v) is 6.59. The highest BCUT2D eigenvalue weighted by atomic mass is 16.1. The number of amides is 1. The predicted molar refractivity (Wildman–Crippen MR) is 74.1 cm³/mol. The topological polar surface area (TPSA) is 62.0 Å². The van der Waals surface area contributed by atoms with Crippen molar-refractivity contribution in [2.24, 2.45) is 0 Å². The van der Waals surface area contributed by atoms with Crippen molar-refractivity contribution in [3.05, 3.63) is 27.2 Å². The molecule has 0 saturated carbocycles. The molecule has 100 valence electrons. The average molecular weight is 250 g/mol. The number of hydrogen-bond acceptors (Lipinski definition) is 2. The molecule has 1 rings (SSSR count). The maximum atomic E-state index is 11.9. The molecule has 2 N–H and O–H groups in total. The van der Waals surface area contributed by atoms with Gasteiger partial charge >= 0.3 is 0 Å². The Kier molecular flexibility index (Phi) is 5.13. The van der Waals surface area contributed by atoms with Gasteiger partial charge in [-0.15, -0.1) is 0 Å². The Bertz CT molecular complexity index is 489. The van der Waals surface area contributed by atoms with Crippen molar-refractivity contribution < 1.29 is 4.79 Å². The number of aromatic nitrogens is 1. The Morgan fingerprint density at radius 1 is 1.22 bits per heavy atom. The summed E-state index contributed by atoms with van der Waals surface area (Å²) in [7, 11) is 0. The Balaban J connectivity index is 3.25. The average Bonchev–Trinajstić information content (AvgIpc) is 2.34. The fourth-order valence-corrected chi connectivity index (χ4v) is 2.09. The highest BCUT2D eigenvalue weighted by Crippen LogP contribution is 2.21. The van der Waals surface area contributed by atoms with E-state index in [1.54, 1.807) is 0 Å². The molecule has 0 aromatic carbocycles. The lowest BCUT2D eigenvalue weighted by Crippen LogP contribution is -2.22. The van der Waals surface area contributed by atoms with Gasteiger partial charge in [-0.05, 0) is 31.7 Å². The lowest BCUT2D eigenvalue weighted by Gasteiger charge is -2.15. The first kappa shape index (κ1) is 14.5. The zero-order chi connectivity index (χ0) is 13.7. The summed E-state index contributed by atoms with van der Waals surface area (Å²) >= 11 is 0. The Labute approximate surface area is 108 Å². The summed E-state index contributed by atoms with van der Waals surface area (Å²) in [5.74, 6) is -0.0250. The minimum atomic E-state index is -0.0910. The molecule has 0 fully saturated rings. The van der Waals surface area contributed by atoms with Gasteiger partial charge in [0.15, 0.2) is 0 Å². The number of hydrogen-bond donors (Lipinski definition) is 2. The van der Waals surface area contributed by atoms with E-state index in [1.165, 1.54) is 0 Å². The molecular weight excluding hydrogens is 228 g/mol. The fraction of sp³-hybridized carbons (Fsp3) is 0.571. The van der Waals surface area contributed by atoms with Crippen LogP contribution in [-0.2, 0) is 17.6 Å². The quantitative estimate of drug-likeness (QED) is 0.843. The minimum Gasteiger partial charge on any atom is -0.326 e. The zero-order valence-corrected chi connectivity index (χ0v) is 11.6. The van der Waals surface area contributed by atoms with Crippen molar-refractivity contribution in [3.8, 4) is 0 Å². The van der Waals surface area contributed by atoms with Crippen molar-refractivity contribution in [1.82, 2.24) is 4.98 Å². The lowest BCUT2D eigenvalue weighted by molar-refractivity contribution is -0.116. The van der Waals surface area contributed by atoms with Gasteiger partial charge in [0, 0.05) is 17.7 Å². The zero-order valence-electron chi connectivity index (χ0n) is 11.6. The third-order valence-corrected chi connectivity index (χ3v) is 3.12. The van der Waals surface area contributed by atoms with Gasteiger partial charge < -0.3 is 10.3 Å². The molecule has 1 heterocycles. The molecule has 0 atom stereocenters. The van der Waals surface area contributed by atoms with E-state index >= 15 is 0 Å². The van der Waals surface area contributed by atoms with Crippen LogP contribution in [0.5, 0.6) is 0 Å². The van der Waals surface area contributed by atoms with E-state index in [0.29, 0.717) is 24.1 Å². The molecule has 4 nitrogen and oxygen atoms in total. The molecule has 0 spiro atoms. The molecular formula is C14H22N2O2. The number of pyridine rings is 1. The fourth-order valence-electron chi connectivity index (χ4n) is 2.09. The highest BCUT2D eigenvalue weighted by Gasteiger charge is 2.14. The normalized spacial score (nSPS) is 10.4. The maximum absolute atomic E-state index is 11.9. The lowest BCUT2D eigenvalue weighted by atomic mass is 10.0. The number of aryl methyl sites for hydroxylation is 1. The van der Waals surface area contributed by atoms with Gasteiger partial charge in [-0.2, -0.15) is 0 Å². The molecule has 1 aromatic heterocycles. The van der Waals surface area contributed by atoms with E-state index in [2.05, 4.69) is 10.3 Å². The van der Waals surface area contributed by atoms with Crippen LogP contribution < -0.4 is 10.9 Å². The molecule has 0 aliphatic carbocycles. The van der Waals surface area contributed by atoms with Crippen LogP contribution in [0.1, 0.15) is 50.4 Å². The van der Waals surface area contributed by atoms with Crippen LogP contribution in [0, 0.1) is 6.92 Å². The highest BCUT2D eigenvalue weighted by molar-refractivity contribution is 5.92. The summed E-state index contributed by atoms with van der Waals surface area (Å²) in [6.45, 7) is 7.81. The number of anilines is 1. The van der Waals surface area contributed by atoms with E-state index in [1.807, 2.05) is 27.7 Å². The minimum absolute atomic E-state index is 0.0250. The number of H-pyrrole nitrogens is 1. The third kappa shape index (κ3) is 3.00. The number of rotatable bonds is 5. The second-order valence-electron chi connectivity index (χ2n) is 4.42. The van der Waals surface area contributed by atoms with Crippen molar-refractivity contribution in [2.45, 2.75) is 53.4 Å². The largest absolute Gasteiger partial charge is 0.326 e. The van der Waals surface area contributed by atoms with Crippen LogP contribution in [0.4, 0.5) is 5.69 Å². The molecule has 1 aromatic rings. The van der Waals surface area contributed by atoms with Crippen LogP contribution in [-0.4, -0.2) is 10.9 Å². The van der Waals surface area contributed by atoms with E-state index in [0.717, 1.165) is 24.1 Å². The summed E-state index contributed by atoms with van der Waals surface area (Å²) in [6, 6.07) is 0. The molecule has 18 heavy (non-hydrogen) atoms. The molecule has 0 aliphatic heterocycles. The van der Waals surface area contributed by atoms with Crippen LogP contribution in [0.25, 0.3) is 0 Å². The Morgan fingerprint density at radius 2 is 1.89 bits per heavy atom. The summed E-state index contributed by atoms with van der Waals surface area (Å²) in [5, 5.41) is 2.89. The van der Waals surface area contributed by atoms with E-state index in [-0.39, 0.29) is 11.5 Å². The molecule has 0 unspecified atom stereocenters. The van der Waals surface area contributed by atoms with E-state index in [4.69, 9.17) is 0 Å². The van der Waals surface area contributed by atoms with Crippen molar-refractivity contribution in [3.63, 3.8) is 0 Å². The number of carbonyl (C=O) groups is 1. The third-order valence-electron chi connectivity index (χ3n) is 3.12. The van der Waals surface area contributed by atoms with Crippen LogP contribution in [0.15, 0.2) is 4.79 Å². The van der Waals surface area contributed by atoms with Crippen molar-refractivity contribution >= 4 is 11.6 Å². The molecule has 0 radical (unpaired) electrons. The standard InChI is InChI=1S/C14H22N2O2/c1-5-8-12(17)16-13-9(4)11(7-3)15-14(18)10(13)6-2/h5-8H2,1-4H3,(H2,15,16,17,18). The van der Waals surface area contributed by atoms with Gasteiger partial charge in [-0.25, -0.2) is 0 Å². The first-order chi connectivity index (χ1) is 8.54. The van der Waals surface area contributed by atoms with Gasteiger partial charge in [-0.3, -0.25) is 9.59 Å². The van der Waals surface area contributed by atoms with Gasteiger partial charge in [-0.1, -0.05) is 20.8 Å². The molecule has 4 heteroatoms. The monoisotopic (exact) mass is 250 g/mol. The predicted octanol–water partition coefficient (Wildman–Crippen LogP) is 2.55. The maximum Gasteiger partial charge on any atom is 0.253 e. The van der Waals surface area contributed by atoms with Gasteiger partial charge in [0.05, 0.1) is 5.69 Å². The SMILES string of the molecule is CCCC(=O)Nc1c(C)c(CC)[nH]c(=O)c1CC. The van der Waals surface area contributed by atoms with Gasteiger partial charge in [0.2, 0.25) is 5.91 Å². The number of carbonyl (C=O) groups excluding carboxylic acids is 1. The smallest absolute Gasteiger partial charge is 0.253 e. The Hall–Kier alpha value is -1.58. The molecule has 0 saturated heterocycles. The van der Waals surface area contributed by atoms with Crippen LogP contribution in [0.3, 0.4) is 0 Å². The summed E-state index contributed by atoms with van der Waals surface area (Å²) in [6.07, 6.45) is 2.65. The first-order valence-electron chi connectivity index (χ1n) is 6.59. The molecule has 1 amide bonds. The number of nitrogens with one attached hydrogen (secondary N) is 2. The van der Waals surface area contributed by atoms with E-state index in [9.17, 15) is 9.59 Å². The van der Waals surface area contributed by atoms with Crippen LogP contribution in [0.2, 0.25) is 0 Å². The summed E-state index contributed by atoms with van der Waals surface area (Å²) in [4.78, 5) is 26.5. The van der Waals surface area contributed by atoms with Gasteiger partial charge in [0.1, 0.15) is 0 Å². The molecule has 0 aliphatic rings. The molecule has 0 bridgehead atoms. The van der Waals surface area contributed by atoms with Crippen molar-refractivity contribution in [2.75, 3.05) is 5.32 Å². The Morgan fingerprint density at radius 3 is 2.39 bits per heavy atom.